The van der Waals surface area contributed by atoms with Gasteiger partial charge in [0, 0.05) is 36.5 Å². The Kier molecular flexibility index (Phi) is 7.62. The molecule has 4 aromatic rings. The monoisotopic (exact) mass is 573 g/mol. The van der Waals surface area contributed by atoms with Crippen LogP contribution in [0.5, 0.6) is 0 Å². The molecule has 1 aliphatic rings. The molecule has 1 amide bonds. The summed E-state index contributed by atoms with van der Waals surface area (Å²) in [4.78, 5) is 48.5. The number of amides is 1. The van der Waals surface area contributed by atoms with E-state index < -0.39 is 23.7 Å². The van der Waals surface area contributed by atoms with E-state index >= 15 is 0 Å². The Hall–Kier alpha value is -3.12. The number of imidazole rings is 1. The molecule has 38 heavy (non-hydrogen) atoms. The second-order valence-corrected chi connectivity index (χ2v) is 10.8. The van der Waals surface area contributed by atoms with Crippen LogP contribution in [0.15, 0.2) is 52.2 Å². The molecule has 1 fully saturated rings. The van der Waals surface area contributed by atoms with Gasteiger partial charge in [0.1, 0.15) is 12.2 Å². The van der Waals surface area contributed by atoms with E-state index in [9.17, 15) is 14.4 Å². The summed E-state index contributed by atoms with van der Waals surface area (Å²) < 4.78 is 6.23. The zero-order valence-electron chi connectivity index (χ0n) is 20.5. The molecule has 0 atom stereocenters. The number of hydrogen-bond acceptors (Lipinski definition) is 7. The van der Waals surface area contributed by atoms with Crippen LogP contribution in [-0.2, 0) is 17.9 Å². The van der Waals surface area contributed by atoms with Crippen molar-refractivity contribution in [3.05, 3.63) is 73.5 Å². The number of nitrogens with two attached hydrogens (primary N) is 1. The van der Waals surface area contributed by atoms with Gasteiger partial charge in [-0.25, -0.2) is 14.3 Å². The Morgan fingerprint density at radius 3 is 2.45 bits per heavy atom. The van der Waals surface area contributed by atoms with Crippen LogP contribution >= 0.6 is 35.1 Å². The molecule has 0 aliphatic carbocycles. The lowest BCUT2D eigenvalue weighted by Gasteiger charge is -2.30. The molecular formula is C25H25Cl2N7O3S. The van der Waals surface area contributed by atoms with E-state index in [0.717, 1.165) is 30.5 Å². The average molecular weight is 574 g/mol. The number of pyridine rings is 1. The number of piperidine rings is 1. The molecule has 1 aliphatic heterocycles. The maximum absolute atomic E-state index is 13.8. The number of rotatable bonds is 7. The van der Waals surface area contributed by atoms with E-state index in [1.165, 1.54) is 4.57 Å². The lowest BCUT2D eigenvalue weighted by molar-refractivity contribution is -0.118. The van der Waals surface area contributed by atoms with E-state index in [4.69, 9.17) is 33.9 Å². The van der Waals surface area contributed by atoms with Crippen molar-refractivity contribution >= 4 is 52.2 Å². The Morgan fingerprint density at radius 1 is 1.11 bits per heavy atom. The highest BCUT2D eigenvalue weighted by Gasteiger charge is 2.27. The van der Waals surface area contributed by atoms with Crippen molar-refractivity contribution in [2.24, 2.45) is 11.7 Å². The molecule has 4 heterocycles. The zero-order valence-corrected chi connectivity index (χ0v) is 22.8. The Bertz CT molecular complexity index is 1620. The molecule has 198 valence electrons. The highest BCUT2D eigenvalue weighted by atomic mass is 35.5. The highest BCUT2D eigenvalue weighted by Crippen LogP contribution is 2.31. The average Bonchev–Trinajstić information content (AvgIpc) is 3.30. The van der Waals surface area contributed by atoms with Gasteiger partial charge in [0.05, 0.1) is 5.02 Å². The van der Waals surface area contributed by atoms with Gasteiger partial charge in [0.2, 0.25) is 5.91 Å². The minimum absolute atomic E-state index is 0.117. The molecule has 1 aromatic carbocycles. The third-order valence-corrected chi connectivity index (χ3v) is 8.10. The van der Waals surface area contributed by atoms with E-state index in [0.29, 0.717) is 28.0 Å². The first-order valence-electron chi connectivity index (χ1n) is 12.0. The van der Waals surface area contributed by atoms with Crippen molar-refractivity contribution < 1.29 is 4.79 Å². The van der Waals surface area contributed by atoms with Crippen molar-refractivity contribution in [3.8, 4) is 17.2 Å². The number of fused-ring (bicyclic) bond motifs is 1. The molecule has 10 nitrogen and oxygen atoms in total. The molecule has 0 unspecified atom stereocenters. The summed E-state index contributed by atoms with van der Waals surface area (Å²) in [6.45, 7) is 1.56. The van der Waals surface area contributed by atoms with Gasteiger partial charge >= 0.3 is 5.69 Å². The van der Waals surface area contributed by atoms with Crippen molar-refractivity contribution in [1.82, 2.24) is 28.0 Å². The largest absolute Gasteiger partial charge is 0.368 e. The van der Waals surface area contributed by atoms with E-state index in [2.05, 4.69) is 9.29 Å². The number of hydrogen-bond donors (Lipinski definition) is 1. The maximum Gasteiger partial charge on any atom is 0.333 e. The molecular weight excluding hydrogens is 549 g/mol. The van der Waals surface area contributed by atoms with Crippen LogP contribution in [0.2, 0.25) is 10.0 Å². The second kappa shape index (κ2) is 10.9. The maximum atomic E-state index is 13.8. The summed E-state index contributed by atoms with van der Waals surface area (Å²) in [6.07, 6.45) is 5.37. The van der Waals surface area contributed by atoms with Crippen LogP contribution in [0.4, 0.5) is 0 Å². The van der Waals surface area contributed by atoms with Crippen molar-refractivity contribution in [2.75, 3.05) is 19.3 Å². The summed E-state index contributed by atoms with van der Waals surface area (Å²) in [7, 11) is 0. The minimum atomic E-state index is -0.797. The lowest BCUT2D eigenvalue weighted by Crippen LogP contribution is -2.44. The van der Waals surface area contributed by atoms with Gasteiger partial charge in [0.15, 0.2) is 17.0 Å². The summed E-state index contributed by atoms with van der Waals surface area (Å²) in [6, 6.07) is 10.2. The van der Waals surface area contributed by atoms with Gasteiger partial charge in [-0.2, -0.15) is 0 Å². The number of nitrogens with zero attached hydrogens (tertiary/aromatic N) is 6. The van der Waals surface area contributed by atoms with Crippen molar-refractivity contribution in [1.29, 1.82) is 0 Å². The van der Waals surface area contributed by atoms with Gasteiger partial charge in [-0.1, -0.05) is 35.1 Å². The first kappa shape index (κ1) is 26.5. The minimum Gasteiger partial charge on any atom is -0.368 e. The number of primary amides is 1. The van der Waals surface area contributed by atoms with Crippen molar-refractivity contribution in [2.45, 2.75) is 25.9 Å². The fraction of sp³-hybridized carbons (Fsp3) is 0.320. The molecule has 5 rings (SSSR count). The quantitative estimate of drug-likeness (QED) is 0.337. The van der Waals surface area contributed by atoms with E-state index in [1.807, 2.05) is 6.26 Å². The van der Waals surface area contributed by atoms with Crippen LogP contribution in [0.3, 0.4) is 0 Å². The SMILES string of the molecule is CSN1CCC(Cn2c(=O)n(CC(N)=O)c(=O)c3c2nc(-c2ncccc2Cl)n3-c2ccc(Cl)cc2)CC1. The standard InChI is InChI=1S/C25H25Cl2N7O3S/c1-38-31-11-8-15(9-12-31)13-32-23-21(24(36)33(25(32)37)14-19(28)35)34(17-6-4-16(26)5-7-17)22(30-23)20-18(27)3-2-10-29-20/h2-7,10,15H,8-9,11-14H2,1H3,(H2,28,35). The van der Waals surface area contributed by atoms with Crippen LogP contribution in [0, 0.1) is 5.92 Å². The predicted octanol–water partition coefficient (Wildman–Crippen LogP) is 3.19. The predicted molar refractivity (Wildman–Crippen MR) is 150 cm³/mol. The fourth-order valence-electron chi connectivity index (χ4n) is 4.78. The molecule has 0 saturated carbocycles. The molecule has 0 bridgehead atoms. The number of carbonyl (C=O) groups is 1. The number of benzene rings is 1. The van der Waals surface area contributed by atoms with Gasteiger partial charge in [-0.05, 0) is 61.4 Å². The fourth-order valence-corrected chi connectivity index (χ4v) is 5.69. The Balaban J connectivity index is 1.81. The first-order chi connectivity index (χ1) is 18.3. The second-order valence-electron chi connectivity index (χ2n) is 9.06. The Labute approximate surface area is 232 Å². The Morgan fingerprint density at radius 2 is 1.82 bits per heavy atom. The molecule has 3 aromatic heterocycles. The van der Waals surface area contributed by atoms with Gasteiger partial charge < -0.3 is 5.73 Å². The lowest BCUT2D eigenvalue weighted by atomic mass is 9.98. The summed E-state index contributed by atoms with van der Waals surface area (Å²) in [5.74, 6) is -0.331. The topological polar surface area (TPSA) is 121 Å². The van der Waals surface area contributed by atoms with Gasteiger partial charge in [-0.15, -0.1) is 0 Å². The number of aromatic nitrogens is 5. The normalized spacial score (nSPS) is 14.8. The van der Waals surface area contributed by atoms with E-state index in [1.54, 1.807) is 59.1 Å². The van der Waals surface area contributed by atoms with Crippen LogP contribution in [0.25, 0.3) is 28.4 Å². The third-order valence-electron chi connectivity index (χ3n) is 6.67. The van der Waals surface area contributed by atoms with Crippen LogP contribution < -0.4 is 17.0 Å². The molecule has 2 N–H and O–H groups in total. The summed E-state index contributed by atoms with van der Waals surface area (Å²) in [5.41, 5.74) is 5.34. The van der Waals surface area contributed by atoms with Crippen LogP contribution in [0.1, 0.15) is 12.8 Å². The number of halogens is 2. The smallest absolute Gasteiger partial charge is 0.333 e. The van der Waals surface area contributed by atoms with Gasteiger partial charge in [0.25, 0.3) is 5.56 Å². The third kappa shape index (κ3) is 4.98. The summed E-state index contributed by atoms with van der Waals surface area (Å²) >= 11 is 14.3. The van der Waals surface area contributed by atoms with E-state index in [-0.39, 0.29) is 22.9 Å². The molecule has 13 heteroatoms. The molecule has 1 saturated heterocycles. The van der Waals surface area contributed by atoms with Crippen molar-refractivity contribution in [3.63, 3.8) is 0 Å². The zero-order chi connectivity index (χ0) is 27.0. The first-order valence-corrected chi connectivity index (χ1v) is 13.9. The van der Waals surface area contributed by atoms with Gasteiger partial charge in [-0.3, -0.25) is 28.0 Å². The van der Waals surface area contributed by atoms with Crippen LogP contribution in [-0.4, -0.2) is 53.2 Å². The highest BCUT2D eigenvalue weighted by molar-refractivity contribution is 7.96. The molecule has 0 radical (unpaired) electrons. The number of carbonyl (C=O) groups excluding carboxylic acids is 1. The molecule has 0 spiro atoms. The summed E-state index contributed by atoms with van der Waals surface area (Å²) in [5, 5.41) is 0.837.